The van der Waals surface area contributed by atoms with Crippen molar-refractivity contribution in [2.75, 3.05) is 13.2 Å². The van der Waals surface area contributed by atoms with Crippen LogP contribution in [0.3, 0.4) is 0 Å². The van der Waals surface area contributed by atoms with Crippen molar-refractivity contribution in [2.45, 2.75) is 44.8 Å². The summed E-state index contributed by atoms with van der Waals surface area (Å²) in [7, 11) is 0. The summed E-state index contributed by atoms with van der Waals surface area (Å²) in [5.41, 5.74) is 0. The van der Waals surface area contributed by atoms with Gasteiger partial charge in [-0.25, -0.2) is 0 Å². The lowest BCUT2D eigenvalue weighted by molar-refractivity contribution is 0.0569. The van der Waals surface area contributed by atoms with Gasteiger partial charge in [-0.3, -0.25) is 0 Å². The smallest absolute Gasteiger partial charge is 0.0575 e. The maximum absolute atomic E-state index is 5.80. The van der Waals surface area contributed by atoms with Gasteiger partial charge in [-0.15, -0.1) is 11.3 Å². The van der Waals surface area contributed by atoms with Gasteiger partial charge in [-0.2, -0.15) is 0 Å². The second-order valence-electron chi connectivity index (χ2n) is 4.39. The molecular weight excluding hydrogens is 218 g/mol. The molecule has 2 nitrogen and oxygen atoms in total. The van der Waals surface area contributed by atoms with Crippen molar-refractivity contribution in [1.29, 1.82) is 0 Å². The van der Waals surface area contributed by atoms with Crippen LogP contribution in [0, 0.1) is 0 Å². The standard InChI is InChI=1S/C13H21NOS/c1-2-6-12(5-1)15-9-4-8-14-11-13-7-3-10-16-13/h3,7,10,12,14H,1-2,4-6,8-9,11H2. The highest BCUT2D eigenvalue weighted by molar-refractivity contribution is 7.09. The van der Waals surface area contributed by atoms with E-state index in [2.05, 4.69) is 22.8 Å². The van der Waals surface area contributed by atoms with Gasteiger partial charge in [-0.05, 0) is 37.3 Å². The van der Waals surface area contributed by atoms with Gasteiger partial charge < -0.3 is 10.1 Å². The summed E-state index contributed by atoms with van der Waals surface area (Å²) in [6.45, 7) is 2.98. The van der Waals surface area contributed by atoms with Crippen LogP contribution < -0.4 is 5.32 Å². The van der Waals surface area contributed by atoms with E-state index < -0.39 is 0 Å². The van der Waals surface area contributed by atoms with E-state index >= 15 is 0 Å². The molecule has 0 amide bonds. The average Bonchev–Trinajstić information content (AvgIpc) is 2.96. The first kappa shape index (κ1) is 12.1. The van der Waals surface area contributed by atoms with E-state index in [1.165, 1.54) is 30.6 Å². The Morgan fingerprint density at radius 3 is 3.00 bits per heavy atom. The van der Waals surface area contributed by atoms with Gasteiger partial charge in [0.25, 0.3) is 0 Å². The largest absolute Gasteiger partial charge is 0.378 e. The lowest BCUT2D eigenvalue weighted by Gasteiger charge is -2.10. The molecule has 1 N–H and O–H groups in total. The van der Waals surface area contributed by atoms with Crippen molar-refractivity contribution in [3.63, 3.8) is 0 Å². The molecule has 2 rings (SSSR count). The fourth-order valence-corrected chi connectivity index (χ4v) is 2.80. The van der Waals surface area contributed by atoms with Gasteiger partial charge in [0.05, 0.1) is 6.10 Å². The third kappa shape index (κ3) is 4.24. The Kier molecular flexibility index (Phi) is 5.32. The molecule has 1 aromatic heterocycles. The van der Waals surface area contributed by atoms with Gasteiger partial charge in [0.2, 0.25) is 0 Å². The fourth-order valence-electron chi connectivity index (χ4n) is 2.13. The summed E-state index contributed by atoms with van der Waals surface area (Å²) >= 11 is 1.81. The minimum absolute atomic E-state index is 0.567. The summed E-state index contributed by atoms with van der Waals surface area (Å²) < 4.78 is 5.80. The highest BCUT2D eigenvalue weighted by Crippen LogP contribution is 2.20. The third-order valence-electron chi connectivity index (χ3n) is 3.03. The maximum atomic E-state index is 5.80. The van der Waals surface area contributed by atoms with E-state index in [4.69, 9.17) is 4.74 Å². The van der Waals surface area contributed by atoms with Gasteiger partial charge in [0.1, 0.15) is 0 Å². The quantitative estimate of drug-likeness (QED) is 0.738. The van der Waals surface area contributed by atoms with Crippen molar-refractivity contribution in [1.82, 2.24) is 5.32 Å². The Labute approximate surface area is 102 Å². The van der Waals surface area contributed by atoms with Crippen molar-refractivity contribution in [3.05, 3.63) is 22.4 Å². The Bertz CT molecular complexity index is 267. The van der Waals surface area contributed by atoms with Crippen LogP contribution in [0.4, 0.5) is 0 Å². The predicted octanol–water partition coefficient (Wildman–Crippen LogP) is 3.19. The highest BCUT2D eigenvalue weighted by atomic mass is 32.1. The Morgan fingerprint density at radius 1 is 1.38 bits per heavy atom. The van der Waals surface area contributed by atoms with Crippen LogP contribution in [-0.4, -0.2) is 19.3 Å². The summed E-state index contributed by atoms with van der Waals surface area (Å²) in [5, 5.41) is 5.57. The first-order chi connectivity index (χ1) is 7.95. The van der Waals surface area contributed by atoms with Gasteiger partial charge in [0, 0.05) is 18.0 Å². The van der Waals surface area contributed by atoms with Crippen molar-refractivity contribution >= 4 is 11.3 Å². The molecule has 0 bridgehead atoms. The van der Waals surface area contributed by atoms with E-state index in [0.717, 1.165) is 26.1 Å². The lowest BCUT2D eigenvalue weighted by Crippen LogP contribution is -2.17. The molecule has 90 valence electrons. The molecule has 0 radical (unpaired) electrons. The molecule has 1 aliphatic carbocycles. The molecule has 0 aromatic carbocycles. The van der Waals surface area contributed by atoms with Crippen molar-refractivity contribution in [2.24, 2.45) is 0 Å². The second-order valence-corrected chi connectivity index (χ2v) is 5.42. The normalized spacial score (nSPS) is 17.0. The molecule has 16 heavy (non-hydrogen) atoms. The molecule has 0 saturated heterocycles. The van der Waals surface area contributed by atoms with Crippen molar-refractivity contribution < 1.29 is 4.74 Å². The Hall–Kier alpha value is -0.380. The topological polar surface area (TPSA) is 21.3 Å². The van der Waals surface area contributed by atoms with E-state index in [-0.39, 0.29) is 0 Å². The number of ether oxygens (including phenoxy) is 1. The van der Waals surface area contributed by atoms with Crippen LogP contribution in [0.5, 0.6) is 0 Å². The summed E-state index contributed by atoms with van der Waals surface area (Å²) in [6, 6.07) is 4.28. The third-order valence-corrected chi connectivity index (χ3v) is 3.91. The van der Waals surface area contributed by atoms with Gasteiger partial charge in [0.15, 0.2) is 0 Å². The molecule has 0 unspecified atom stereocenters. The number of thiophene rings is 1. The molecule has 1 aliphatic rings. The minimum atomic E-state index is 0.567. The molecule has 1 aromatic rings. The van der Waals surface area contributed by atoms with Crippen LogP contribution in [0.25, 0.3) is 0 Å². The predicted molar refractivity (Wildman–Crippen MR) is 68.9 cm³/mol. The molecule has 3 heteroatoms. The number of nitrogens with one attached hydrogen (secondary N) is 1. The van der Waals surface area contributed by atoms with Crippen LogP contribution in [0.2, 0.25) is 0 Å². The van der Waals surface area contributed by atoms with Crippen LogP contribution in [0.1, 0.15) is 37.0 Å². The number of hydrogen-bond acceptors (Lipinski definition) is 3. The minimum Gasteiger partial charge on any atom is -0.378 e. The van der Waals surface area contributed by atoms with Crippen LogP contribution in [0.15, 0.2) is 17.5 Å². The Balaban J connectivity index is 1.43. The monoisotopic (exact) mass is 239 g/mol. The van der Waals surface area contributed by atoms with E-state index in [1.54, 1.807) is 0 Å². The van der Waals surface area contributed by atoms with Gasteiger partial charge in [-0.1, -0.05) is 18.9 Å². The van der Waals surface area contributed by atoms with Crippen molar-refractivity contribution in [3.8, 4) is 0 Å². The SMILES string of the molecule is c1csc(CNCCCOC2CCCC2)c1. The molecular formula is C13H21NOS. The zero-order chi connectivity index (χ0) is 11.1. The molecule has 1 heterocycles. The summed E-state index contributed by atoms with van der Waals surface area (Å²) in [4.78, 5) is 1.41. The first-order valence-corrected chi connectivity index (χ1v) is 7.18. The van der Waals surface area contributed by atoms with Crippen LogP contribution >= 0.6 is 11.3 Å². The van der Waals surface area contributed by atoms with Gasteiger partial charge >= 0.3 is 0 Å². The summed E-state index contributed by atoms with van der Waals surface area (Å²) in [6.07, 6.45) is 6.98. The summed E-state index contributed by atoms with van der Waals surface area (Å²) in [5.74, 6) is 0. The zero-order valence-electron chi connectivity index (χ0n) is 9.78. The lowest BCUT2D eigenvalue weighted by atomic mass is 10.3. The fraction of sp³-hybridized carbons (Fsp3) is 0.692. The molecule has 1 fully saturated rings. The number of hydrogen-bond donors (Lipinski definition) is 1. The molecule has 0 aliphatic heterocycles. The molecule has 0 atom stereocenters. The number of rotatable bonds is 7. The Morgan fingerprint density at radius 2 is 2.25 bits per heavy atom. The van der Waals surface area contributed by atoms with E-state index in [1.807, 2.05) is 11.3 Å². The molecule has 0 spiro atoms. The maximum Gasteiger partial charge on any atom is 0.0575 e. The zero-order valence-corrected chi connectivity index (χ0v) is 10.6. The van der Waals surface area contributed by atoms with E-state index in [9.17, 15) is 0 Å². The van der Waals surface area contributed by atoms with Crippen LogP contribution in [-0.2, 0) is 11.3 Å². The van der Waals surface area contributed by atoms with E-state index in [0.29, 0.717) is 6.10 Å². The average molecular weight is 239 g/mol. The second kappa shape index (κ2) is 7.05. The molecule has 1 saturated carbocycles. The first-order valence-electron chi connectivity index (χ1n) is 6.30. The highest BCUT2D eigenvalue weighted by Gasteiger charge is 2.14.